The highest BCUT2D eigenvalue weighted by Crippen LogP contribution is 2.39. The number of anilines is 3. The highest BCUT2D eigenvalue weighted by Gasteiger charge is 2.33. The SMILES string of the molecule is C#Cc1ccc(N(C)C(=O)c2ccc(C(=O)N(C)c3ccc(C#N)c(C#N)c3)c3c2C(C=O)=CCC3C=O)cc1N. The van der Waals surface area contributed by atoms with Gasteiger partial charge >= 0.3 is 0 Å². The Balaban J connectivity index is 1.85. The molecule has 0 aliphatic heterocycles. The molecule has 41 heavy (non-hydrogen) atoms. The molecule has 4 rings (SSSR count). The largest absolute Gasteiger partial charge is 0.398 e. The number of allylic oxidation sites excluding steroid dienone is 2. The van der Waals surface area contributed by atoms with Gasteiger partial charge in [0.2, 0.25) is 0 Å². The van der Waals surface area contributed by atoms with E-state index in [9.17, 15) is 29.7 Å². The van der Waals surface area contributed by atoms with E-state index in [0.29, 0.717) is 35.2 Å². The van der Waals surface area contributed by atoms with E-state index in [1.807, 2.05) is 12.1 Å². The summed E-state index contributed by atoms with van der Waals surface area (Å²) in [6.07, 6.45) is 8.46. The fourth-order valence-electron chi connectivity index (χ4n) is 4.80. The summed E-state index contributed by atoms with van der Waals surface area (Å²) in [6, 6.07) is 16.0. The van der Waals surface area contributed by atoms with Gasteiger partial charge in [-0.05, 0) is 60.5 Å². The highest BCUT2D eigenvalue weighted by atomic mass is 16.2. The molecule has 200 valence electrons. The second kappa shape index (κ2) is 11.4. The zero-order chi connectivity index (χ0) is 29.8. The Bertz CT molecular complexity index is 1790. The van der Waals surface area contributed by atoms with Crippen LogP contribution in [0.4, 0.5) is 17.1 Å². The third-order valence-electron chi connectivity index (χ3n) is 7.07. The summed E-state index contributed by atoms with van der Waals surface area (Å²) >= 11 is 0. The average Bonchev–Trinajstić information content (AvgIpc) is 3.01. The van der Waals surface area contributed by atoms with Crippen LogP contribution in [0.25, 0.3) is 5.57 Å². The Hall–Kier alpha value is -5.98. The number of terminal acetylenes is 1. The molecule has 3 aromatic carbocycles. The summed E-state index contributed by atoms with van der Waals surface area (Å²) in [5, 5.41) is 18.6. The second-order valence-corrected chi connectivity index (χ2v) is 9.30. The molecular formula is C32H23N5O4. The molecule has 1 aliphatic carbocycles. The van der Waals surface area contributed by atoms with Crippen LogP contribution in [0.5, 0.6) is 0 Å². The van der Waals surface area contributed by atoms with Gasteiger partial charge in [0.1, 0.15) is 24.7 Å². The monoisotopic (exact) mass is 541 g/mol. The maximum absolute atomic E-state index is 13.8. The van der Waals surface area contributed by atoms with Crippen molar-refractivity contribution in [1.29, 1.82) is 10.5 Å². The van der Waals surface area contributed by atoms with Crippen LogP contribution in [0.15, 0.2) is 54.6 Å². The zero-order valence-corrected chi connectivity index (χ0v) is 22.2. The van der Waals surface area contributed by atoms with E-state index in [1.165, 1.54) is 54.2 Å². The van der Waals surface area contributed by atoms with Crippen molar-refractivity contribution in [2.45, 2.75) is 12.3 Å². The molecule has 9 heteroatoms. The summed E-state index contributed by atoms with van der Waals surface area (Å²) in [5.41, 5.74) is 8.75. The Kier molecular flexibility index (Phi) is 7.80. The first-order valence-electron chi connectivity index (χ1n) is 12.3. The number of nitrogens with zero attached hydrogens (tertiary/aromatic N) is 4. The minimum atomic E-state index is -0.791. The lowest BCUT2D eigenvalue weighted by atomic mass is 9.78. The van der Waals surface area contributed by atoms with Crippen molar-refractivity contribution >= 4 is 47.0 Å². The summed E-state index contributed by atoms with van der Waals surface area (Å²) in [5.74, 6) is 0.650. The first-order chi connectivity index (χ1) is 19.7. The van der Waals surface area contributed by atoms with E-state index in [4.69, 9.17) is 12.2 Å². The van der Waals surface area contributed by atoms with Crippen molar-refractivity contribution in [3.05, 3.63) is 93.6 Å². The minimum absolute atomic E-state index is 0.100. The van der Waals surface area contributed by atoms with Crippen LogP contribution in [-0.4, -0.2) is 38.5 Å². The molecule has 1 aliphatic rings. The normalized spacial score (nSPS) is 13.3. The van der Waals surface area contributed by atoms with E-state index in [2.05, 4.69) is 5.92 Å². The predicted octanol–water partition coefficient (Wildman–Crippen LogP) is 3.82. The van der Waals surface area contributed by atoms with Crippen molar-refractivity contribution in [2.75, 3.05) is 29.6 Å². The molecular weight excluding hydrogens is 518 g/mol. The number of carbonyl (C=O) groups excluding carboxylic acids is 4. The molecule has 0 radical (unpaired) electrons. The van der Waals surface area contributed by atoms with Crippen LogP contribution in [0, 0.1) is 35.0 Å². The summed E-state index contributed by atoms with van der Waals surface area (Å²) in [7, 11) is 3.03. The molecule has 3 aromatic rings. The van der Waals surface area contributed by atoms with Gasteiger partial charge in [0.15, 0.2) is 0 Å². The minimum Gasteiger partial charge on any atom is -0.398 e. The lowest BCUT2D eigenvalue weighted by Crippen LogP contribution is -2.31. The van der Waals surface area contributed by atoms with Crippen LogP contribution in [-0.2, 0) is 9.59 Å². The number of hydrogen-bond donors (Lipinski definition) is 1. The topological polar surface area (TPSA) is 148 Å². The van der Waals surface area contributed by atoms with Gasteiger partial charge in [-0.25, -0.2) is 0 Å². The van der Waals surface area contributed by atoms with Crippen molar-refractivity contribution in [2.24, 2.45) is 0 Å². The number of nitrogen functional groups attached to an aromatic ring is 1. The number of hydrogen-bond acceptors (Lipinski definition) is 7. The molecule has 0 heterocycles. The Morgan fingerprint density at radius 1 is 0.902 bits per heavy atom. The van der Waals surface area contributed by atoms with Gasteiger partial charge in [-0.3, -0.25) is 14.4 Å². The van der Waals surface area contributed by atoms with Gasteiger partial charge < -0.3 is 20.3 Å². The van der Waals surface area contributed by atoms with Crippen molar-refractivity contribution in [3.63, 3.8) is 0 Å². The van der Waals surface area contributed by atoms with E-state index in [0.717, 1.165) is 0 Å². The smallest absolute Gasteiger partial charge is 0.258 e. The molecule has 0 spiro atoms. The number of carbonyl (C=O) groups is 4. The third-order valence-corrected chi connectivity index (χ3v) is 7.07. The zero-order valence-electron chi connectivity index (χ0n) is 22.2. The van der Waals surface area contributed by atoms with E-state index >= 15 is 0 Å². The molecule has 2 amide bonds. The summed E-state index contributed by atoms with van der Waals surface area (Å²) in [6.45, 7) is 0. The van der Waals surface area contributed by atoms with E-state index in [-0.39, 0.29) is 45.4 Å². The first-order valence-corrected chi connectivity index (χ1v) is 12.3. The molecule has 1 unspecified atom stereocenters. The lowest BCUT2D eigenvalue weighted by Gasteiger charge is -2.28. The number of rotatable bonds is 6. The van der Waals surface area contributed by atoms with Crippen LogP contribution in [0.3, 0.4) is 0 Å². The van der Waals surface area contributed by atoms with Gasteiger partial charge in [0.25, 0.3) is 11.8 Å². The van der Waals surface area contributed by atoms with Crippen LogP contribution in [0.1, 0.15) is 60.9 Å². The number of aldehydes is 2. The van der Waals surface area contributed by atoms with Crippen molar-refractivity contribution < 1.29 is 19.2 Å². The van der Waals surface area contributed by atoms with Gasteiger partial charge in [0.05, 0.1) is 11.1 Å². The van der Waals surface area contributed by atoms with Crippen molar-refractivity contribution in [1.82, 2.24) is 0 Å². The molecule has 0 saturated heterocycles. The molecule has 0 fully saturated rings. The Morgan fingerprint density at radius 3 is 2.05 bits per heavy atom. The van der Waals surface area contributed by atoms with Crippen LogP contribution >= 0.6 is 0 Å². The summed E-state index contributed by atoms with van der Waals surface area (Å²) in [4.78, 5) is 54.5. The van der Waals surface area contributed by atoms with Gasteiger partial charge in [-0.2, -0.15) is 10.5 Å². The summed E-state index contributed by atoms with van der Waals surface area (Å²) < 4.78 is 0. The van der Waals surface area contributed by atoms with E-state index in [1.54, 1.807) is 24.3 Å². The maximum atomic E-state index is 13.8. The fraction of sp³-hybridized carbons (Fsp3) is 0.125. The standard InChI is InChI=1S/C32H23N5O4/c1-4-19-7-9-25(14-28(19)35)37(3)32(41)27-12-11-26(29-21(17-38)5-6-22(18-39)30(27)29)31(40)36(2)24-10-8-20(15-33)23(13-24)16-34/h1,6-14,17-18,21H,5,35H2,2-3H3. The Morgan fingerprint density at radius 2 is 1.49 bits per heavy atom. The number of amides is 2. The van der Waals surface area contributed by atoms with Gasteiger partial charge in [0, 0.05) is 64.9 Å². The van der Waals surface area contributed by atoms with Gasteiger partial charge in [-0.15, -0.1) is 6.42 Å². The third kappa shape index (κ3) is 4.94. The number of nitriles is 2. The predicted molar refractivity (Wildman–Crippen MR) is 154 cm³/mol. The molecule has 0 saturated carbocycles. The van der Waals surface area contributed by atoms with Crippen LogP contribution in [0.2, 0.25) is 0 Å². The second-order valence-electron chi connectivity index (χ2n) is 9.30. The van der Waals surface area contributed by atoms with Gasteiger partial charge in [-0.1, -0.05) is 12.0 Å². The average molecular weight is 542 g/mol. The number of fused-ring (bicyclic) bond motifs is 1. The molecule has 2 N–H and O–H groups in total. The number of nitrogens with two attached hydrogens (primary N) is 1. The van der Waals surface area contributed by atoms with E-state index < -0.39 is 17.7 Å². The molecule has 0 aromatic heterocycles. The number of benzene rings is 3. The lowest BCUT2D eigenvalue weighted by molar-refractivity contribution is -0.109. The maximum Gasteiger partial charge on any atom is 0.258 e. The molecule has 1 atom stereocenters. The highest BCUT2D eigenvalue weighted by molar-refractivity contribution is 6.19. The first kappa shape index (κ1) is 28.0. The quantitative estimate of drug-likeness (QED) is 0.283. The Labute approximate surface area is 236 Å². The molecule has 0 bridgehead atoms. The molecule has 9 nitrogen and oxygen atoms in total. The van der Waals surface area contributed by atoms with Crippen molar-refractivity contribution in [3.8, 4) is 24.5 Å². The fourth-order valence-corrected chi connectivity index (χ4v) is 4.80. The van der Waals surface area contributed by atoms with Crippen LogP contribution < -0.4 is 15.5 Å².